The summed E-state index contributed by atoms with van der Waals surface area (Å²) in [5, 5.41) is 6.04. The van der Waals surface area contributed by atoms with Gasteiger partial charge in [0.05, 0.1) is 0 Å². The molecular weight excluding hydrogens is 264 g/mol. The predicted molar refractivity (Wildman–Crippen MR) is 85.0 cm³/mol. The zero-order chi connectivity index (χ0) is 15.2. The zero-order valence-electron chi connectivity index (χ0n) is 12.5. The smallest absolute Gasteiger partial charge is 0.316 e. The second-order valence-electron chi connectivity index (χ2n) is 5.06. The van der Waals surface area contributed by atoms with Crippen LogP contribution in [0.1, 0.15) is 31.0 Å². The number of amides is 2. The van der Waals surface area contributed by atoms with Crippen LogP contribution >= 0.6 is 0 Å². The summed E-state index contributed by atoms with van der Waals surface area (Å²) in [6.45, 7) is 6.06. The number of rotatable bonds is 6. The third-order valence-electron chi connectivity index (χ3n) is 3.47. The molecule has 2 amide bonds. The summed E-state index contributed by atoms with van der Waals surface area (Å²) in [6.07, 6.45) is 4.24. The number of hydrogen-bond donors (Lipinski definition) is 3. The molecule has 2 aromatic rings. The van der Waals surface area contributed by atoms with Crippen molar-refractivity contribution in [1.82, 2.24) is 9.88 Å². The molecule has 0 saturated heterocycles. The number of nitrogens with two attached hydrogens (primary N) is 1. The molecule has 0 aliphatic carbocycles. The number of urea groups is 1. The van der Waals surface area contributed by atoms with E-state index in [9.17, 15) is 4.79 Å². The highest BCUT2D eigenvalue weighted by Gasteiger charge is 2.06. The molecule has 5 nitrogen and oxygen atoms in total. The fraction of sp³-hybridized carbons (Fsp3) is 0.312. The van der Waals surface area contributed by atoms with Crippen molar-refractivity contribution in [1.29, 1.82) is 0 Å². The molecule has 1 heterocycles. The largest absolute Gasteiger partial charge is 0.354 e. The van der Waals surface area contributed by atoms with E-state index in [1.807, 2.05) is 24.3 Å². The quantitative estimate of drug-likeness (QED) is 0.764. The molecule has 0 radical (unpaired) electrons. The molecule has 1 unspecified atom stereocenters. The van der Waals surface area contributed by atoms with Crippen molar-refractivity contribution in [3.63, 3.8) is 0 Å². The van der Waals surface area contributed by atoms with E-state index in [2.05, 4.69) is 47.5 Å². The van der Waals surface area contributed by atoms with Gasteiger partial charge in [-0.1, -0.05) is 12.1 Å². The minimum atomic E-state index is -0.547. The first-order chi connectivity index (χ1) is 10.1. The van der Waals surface area contributed by atoms with Gasteiger partial charge in [-0.15, -0.1) is 0 Å². The maximum absolute atomic E-state index is 10.8. The van der Waals surface area contributed by atoms with E-state index in [0.29, 0.717) is 5.69 Å². The number of benzene rings is 1. The van der Waals surface area contributed by atoms with Crippen molar-refractivity contribution in [3.05, 3.63) is 53.9 Å². The zero-order valence-corrected chi connectivity index (χ0v) is 12.5. The van der Waals surface area contributed by atoms with Gasteiger partial charge in [0, 0.05) is 37.2 Å². The predicted octanol–water partition coefficient (Wildman–Crippen LogP) is 2.85. The maximum Gasteiger partial charge on any atom is 0.316 e. The molecule has 0 fully saturated rings. The molecule has 5 heteroatoms. The van der Waals surface area contributed by atoms with Crippen molar-refractivity contribution in [2.45, 2.75) is 33.0 Å². The SMILES string of the molecule is CCn1ccc(CNC(C)c2ccc(NC(N)=O)cc2)c1. The molecule has 0 aliphatic rings. The Bertz CT molecular complexity index is 589. The lowest BCUT2D eigenvalue weighted by Gasteiger charge is -2.14. The van der Waals surface area contributed by atoms with Crippen molar-refractivity contribution in [3.8, 4) is 0 Å². The average molecular weight is 286 g/mol. The van der Waals surface area contributed by atoms with Crippen molar-refractivity contribution >= 4 is 11.7 Å². The summed E-state index contributed by atoms with van der Waals surface area (Å²) in [7, 11) is 0. The Morgan fingerprint density at radius 1 is 1.29 bits per heavy atom. The van der Waals surface area contributed by atoms with Gasteiger partial charge in [-0.25, -0.2) is 4.79 Å². The van der Waals surface area contributed by atoms with E-state index >= 15 is 0 Å². The lowest BCUT2D eigenvalue weighted by molar-refractivity contribution is 0.259. The van der Waals surface area contributed by atoms with E-state index in [1.165, 1.54) is 11.1 Å². The Morgan fingerprint density at radius 2 is 2.00 bits per heavy atom. The number of carbonyl (C=O) groups excluding carboxylic acids is 1. The number of anilines is 1. The Morgan fingerprint density at radius 3 is 2.57 bits per heavy atom. The maximum atomic E-state index is 10.8. The van der Waals surface area contributed by atoms with Gasteiger partial charge in [-0.05, 0) is 43.2 Å². The summed E-state index contributed by atoms with van der Waals surface area (Å²) >= 11 is 0. The lowest BCUT2D eigenvalue weighted by Crippen LogP contribution is -2.20. The lowest BCUT2D eigenvalue weighted by atomic mass is 10.1. The standard InChI is InChI=1S/C16H22N4O/c1-3-20-9-8-13(11-20)10-18-12(2)14-4-6-15(7-5-14)19-16(17)21/h4-9,11-12,18H,3,10H2,1-2H3,(H3,17,19,21). The fourth-order valence-electron chi connectivity index (χ4n) is 2.18. The highest BCUT2D eigenvalue weighted by molar-refractivity contribution is 5.87. The second kappa shape index (κ2) is 6.95. The first-order valence-electron chi connectivity index (χ1n) is 7.13. The number of aromatic nitrogens is 1. The van der Waals surface area contributed by atoms with Crippen LogP contribution in [0.3, 0.4) is 0 Å². The van der Waals surface area contributed by atoms with Gasteiger partial charge in [0.15, 0.2) is 0 Å². The van der Waals surface area contributed by atoms with Gasteiger partial charge in [-0.3, -0.25) is 0 Å². The fourth-order valence-corrected chi connectivity index (χ4v) is 2.18. The van der Waals surface area contributed by atoms with Crippen LogP contribution in [0.15, 0.2) is 42.7 Å². The van der Waals surface area contributed by atoms with Crippen LogP contribution in [0.4, 0.5) is 10.5 Å². The van der Waals surface area contributed by atoms with Crippen molar-refractivity contribution in [2.75, 3.05) is 5.32 Å². The van der Waals surface area contributed by atoms with E-state index in [4.69, 9.17) is 5.73 Å². The third kappa shape index (κ3) is 4.36. The molecule has 0 spiro atoms. The molecule has 21 heavy (non-hydrogen) atoms. The Hall–Kier alpha value is -2.27. The van der Waals surface area contributed by atoms with E-state index < -0.39 is 6.03 Å². The van der Waals surface area contributed by atoms with Gasteiger partial charge >= 0.3 is 6.03 Å². The molecule has 0 aliphatic heterocycles. The first-order valence-corrected chi connectivity index (χ1v) is 7.13. The molecule has 112 valence electrons. The van der Waals surface area contributed by atoms with Gasteiger partial charge in [-0.2, -0.15) is 0 Å². The van der Waals surface area contributed by atoms with E-state index in [1.54, 1.807) is 0 Å². The minimum Gasteiger partial charge on any atom is -0.354 e. The third-order valence-corrected chi connectivity index (χ3v) is 3.47. The molecule has 0 bridgehead atoms. The summed E-state index contributed by atoms with van der Waals surface area (Å²) in [4.78, 5) is 10.8. The molecular formula is C16H22N4O. The number of primary amides is 1. The van der Waals surface area contributed by atoms with Gasteiger partial charge in [0.2, 0.25) is 0 Å². The Kier molecular flexibility index (Phi) is 5.00. The second-order valence-corrected chi connectivity index (χ2v) is 5.06. The number of hydrogen-bond acceptors (Lipinski definition) is 2. The van der Waals surface area contributed by atoms with Gasteiger partial charge in [0.25, 0.3) is 0 Å². The molecule has 2 rings (SSSR count). The highest BCUT2D eigenvalue weighted by Crippen LogP contribution is 2.16. The molecule has 4 N–H and O–H groups in total. The topological polar surface area (TPSA) is 72.1 Å². The Labute approximate surface area is 125 Å². The van der Waals surface area contributed by atoms with Crippen LogP contribution in [-0.2, 0) is 13.1 Å². The van der Waals surface area contributed by atoms with E-state index in [0.717, 1.165) is 13.1 Å². The average Bonchev–Trinajstić information content (AvgIpc) is 2.93. The van der Waals surface area contributed by atoms with Gasteiger partial charge in [0.1, 0.15) is 0 Å². The Balaban J connectivity index is 1.90. The summed E-state index contributed by atoms with van der Waals surface area (Å²) in [6, 6.07) is 9.49. The molecule has 1 aromatic heterocycles. The first kappa shape index (κ1) is 15.1. The van der Waals surface area contributed by atoms with Crippen LogP contribution in [-0.4, -0.2) is 10.6 Å². The normalized spacial score (nSPS) is 12.1. The van der Waals surface area contributed by atoms with Crippen molar-refractivity contribution < 1.29 is 4.79 Å². The van der Waals surface area contributed by atoms with Crippen LogP contribution in [0.5, 0.6) is 0 Å². The number of carbonyl (C=O) groups is 1. The van der Waals surface area contributed by atoms with Crippen LogP contribution in [0.2, 0.25) is 0 Å². The van der Waals surface area contributed by atoms with E-state index in [-0.39, 0.29) is 6.04 Å². The molecule has 1 atom stereocenters. The number of aryl methyl sites for hydroxylation is 1. The van der Waals surface area contributed by atoms with Crippen molar-refractivity contribution in [2.24, 2.45) is 5.73 Å². The van der Waals surface area contributed by atoms with Crippen LogP contribution in [0, 0.1) is 0 Å². The molecule has 1 aromatic carbocycles. The van der Waals surface area contributed by atoms with Crippen LogP contribution in [0.25, 0.3) is 0 Å². The van der Waals surface area contributed by atoms with Crippen LogP contribution < -0.4 is 16.4 Å². The number of nitrogens with zero attached hydrogens (tertiary/aromatic N) is 1. The number of nitrogens with one attached hydrogen (secondary N) is 2. The molecule has 0 saturated carbocycles. The summed E-state index contributed by atoms with van der Waals surface area (Å²) in [5.41, 5.74) is 8.23. The highest BCUT2D eigenvalue weighted by atomic mass is 16.2. The monoisotopic (exact) mass is 286 g/mol. The summed E-state index contributed by atoms with van der Waals surface area (Å²) < 4.78 is 2.16. The van der Waals surface area contributed by atoms with Gasteiger partial charge < -0.3 is 20.9 Å². The summed E-state index contributed by atoms with van der Waals surface area (Å²) in [5.74, 6) is 0. The minimum absolute atomic E-state index is 0.234.